The van der Waals surface area contributed by atoms with E-state index in [2.05, 4.69) is 4.90 Å². The summed E-state index contributed by atoms with van der Waals surface area (Å²) in [6, 6.07) is 5.73. The van der Waals surface area contributed by atoms with Crippen molar-refractivity contribution in [2.75, 3.05) is 18.5 Å². The molecule has 1 aliphatic rings. The van der Waals surface area contributed by atoms with E-state index in [4.69, 9.17) is 11.6 Å². The van der Waals surface area contributed by atoms with E-state index in [-0.39, 0.29) is 5.92 Å². The monoisotopic (exact) mass is 195 g/mol. The van der Waals surface area contributed by atoms with Gasteiger partial charge in [-0.2, -0.15) is 0 Å². The highest BCUT2D eigenvalue weighted by Crippen LogP contribution is 2.38. The molecule has 0 amide bonds. The van der Waals surface area contributed by atoms with E-state index >= 15 is 0 Å². The Hall–Kier alpha value is -1.02. The van der Waals surface area contributed by atoms with Gasteiger partial charge >= 0.3 is 0 Å². The second-order valence-corrected chi connectivity index (χ2v) is 3.70. The summed E-state index contributed by atoms with van der Waals surface area (Å²) >= 11 is 6.02. The maximum Gasteiger partial charge on any atom is 0.129 e. The third kappa shape index (κ3) is 1.22. The van der Waals surface area contributed by atoms with Crippen molar-refractivity contribution in [2.45, 2.75) is 5.92 Å². The average Bonchev–Trinajstić information content (AvgIpc) is 2.45. The standard InChI is InChI=1S/C10H10ClNO/c1-12-5-7(6-13)10-8(11)3-2-4-9(10)12/h2-4,6-7H,5H2,1H3. The van der Waals surface area contributed by atoms with Gasteiger partial charge in [-0.05, 0) is 12.1 Å². The molecule has 1 aromatic rings. The van der Waals surface area contributed by atoms with Crippen molar-refractivity contribution in [1.82, 2.24) is 0 Å². The topological polar surface area (TPSA) is 20.3 Å². The molecule has 2 nitrogen and oxygen atoms in total. The molecular formula is C10H10ClNO. The number of hydrogen-bond acceptors (Lipinski definition) is 2. The van der Waals surface area contributed by atoms with Crippen LogP contribution in [0.25, 0.3) is 0 Å². The van der Waals surface area contributed by atoms with Crippen LogP contribution in [0.4, 0.5) is 5.69 Å². The van der Waals surface area contributed by atoms with Gasteiger partial charge in [0.05, 0.1) is 5.92 Å². The lowest BCUT2D eigenvalue weighted by molar-refractivity contribution is -0.108. The fourth-order valence-corrected chi connectivity index (χ4v) is 2.13. The maximum atomic E-state index is 10.8. The molecule has 0 radical (unpaired) electrons. The van der Waals surface area contributed by atoms with Gasteiger partial charge in [-0.25, -0.2) is 0 Å². The fourth-order valence-electron chi connectivity index (χ4n) is 1.82. The van der Waals surface area contributed by atoms with E-state index in [0.717, 1.165) is 24.1 Å². The lowest BCUT2D eigenvalue weighted by Gasteiger charge is -2.10. The Morgan fingerprint density at radius 2 is 2.38 bits per heavy atom. The number of carbonyl (C=O) groups excluding carboxylic acids is 1. The zero-order valence-corrected chi connectivity index (χ0v) is 8.08. The first-order valence-corrected chi connectivity index (χ1v) is 4.56. The number of benzene rings is 1. The van der Waals surface area contributed by atoms with Gasteiger partial charge in [-0.3, -0.25) is 0 Å². The van der Waals surface area contributed by atoms with Gasteiger partial charge in [0.25, 0.3) is 0 Å². The molecule has 0 aromatic heterocycles. The van der Waals surface area contributed by atoms with E-state index in [9.17, 15) is 4.79 Å². The number of nitrogens with zero attached hydrogens (tertiary/aromatic N) is 1. The minimum atomic E-state index is -0.0614. The van der Waals surface area contributed by atoms with Gasteiger partial charge in [0.1, 0.15) is 6.29 Å². The summed E-state index contributed by atoms with van der Waals surface area (Å²) < 4.78 is 0. The van der Waals surface area contributed by atoms with Crippen molar-refractivity contribution in [3.63, 3.8) is 0 Å². The summed E-state index contributed by atoms with van der Waals surface area (Å²) in [5.74, 6) is -0.0614. The molecule has 0 saturated heterocycles. The first-order chi connectivity index (χ1) is 6.24. The second-order valence-electron chi connectivity index (χ2n) is 3.30. The zero-order valence-electron chi connectivity index (χ0n) is 7.33. The van der Waals surface area contributed by atoms with E-state index in [1.807, 2.05) is 25.2 Å². The molecule has 1 aromatic carbocycles. The van der Waals surface area contributed by atoms with Crippen molar-refractivity contribution in [1.29, 1.82) is 0 Å². The molecule has 1 aliphatic heterocycles. The average molecular weight is 196 g/mol. The number of carbonyl (C=O) groups is 1. The molecule has 13 heavy (non-hydrogen) atoms. The third-order valence-corrected chi connectivity index (χ3v) is 2.78. The molecule has 0 saturated carbocycles. The normalized spacial score (nSPS) is 20.2. The number of hydrogen-bond donors (Lipinski definition) is 0. The Bertz CT molecular complexity index is 351. The van der Waals surface area contributed by atoms with E-state index in [1.54, 1.807) is 0 Å². The van der Waals surface area contributed by atoms with Gasteiger partial charge in [0, 0.05) is 29.9 Å². The molecule has 1 atom stereocenters. The Labute approximate surface area is 82.1 Å². The highest BCUT2D eigenvalue weighted by Gasteiger charge is 2.27. The molecule has 0 fully saturated rings. The second kappa shape index (κ2) is 3.04. The number of rotatable bonds is 1. The van der Waals surface area contributed by atoms with Crippen LogP contribution in [-0.4, -0.2) is 19.9 Å². The van der Waals surface area contributed by atoms with Crippen LogP contribution in [0.1, 0.15) is 11.5 Å². The van der Waals surface area contributed by atoms with Gasteiger partial charge in [0.2, 0.25) is 0 Å². The van der Waals surface area contributed by atoms with Gasteiger partial charge in [-0.15, -0.1) is 0 Å². The first kappa shape index (κ1) is 8.57. The number of anilines is 1. The number of aldehydes is 1. The van der Waals surface area contributed by atoms with Crippen molar-refractivity contribution in [2.24, 2.45) is 0 Å². The molecular weight excluding hydrogens is 186 g/mol. The Kier molecular flexibility index (Phi) is 2.00. The predicted octanol–water partition coefficient (Wildman–Crippen LogP) is 2.07. The predicted molar refractivity (Wildman–Crippen MR) is 53.5 cm³/mol. The highest BCUT2D eigenvalue weighted by atomic mass is 35.5. The quantitative estimate of drug-likeness (QED) is 0.640. The number of halogens is 1. The lowest BCUT2D eigenvalue weighted by Crippen LogP contribution is -2.15. The van der Waals surface area contributed by atoms with Crippen LogP contribution < -0.4 is 4.90 Å². The summed E-state index contributed by atoms with van der Waals surface area (Å²) in [6.07, 6.45) is 0.966. The minimum absolute atomic E-state index is 0.0614. The molecule has 0 N–H and O–H groups in total. The molecule has 0 spiro atoms. The third-order valence-electron chi connectivity index (χ3n) is 2.45. The summed E-state index contributed by atoms with van der Waals surface area (Å²) in [4.78, 5) is 12.8. The molecule has 3 heteroatoms. The van der Waals surface area contributed by atoms with Crippen LogP contribution in [0.15, 0.2) is 18.2 Å². The van der Waals surface area contributed by atoms with Crippen molar-refractivity contribution in [3.8, 4) is 0 Å². The largest absolute Gasteiger partial charge is 0.373 e. The van der Waals surface area contributed by atoms with Crippen molar-refractivity contribution >= 4 is 23.6 Å². The van der Waals surface area contributed by atoms with Crippen LogP contribution in [0.5, 0.6) is 0 Å². The fraction of sp³-hybridized carbons (Fsp3) is 0.300. The smallest absolute Gasteiger partial charge is 0.129 e. The summed E-state index contributed by atoms with van der Waals surface area (Å²) in [5, 5.41) is 0.693. The molecule has 0 aliphatic carbocycles. The summed E-state index contributed by atoms with van der Waals surface area (Å²) in [5.41, 5.74) is 2.05. The number of likely N-dealkylation sites (N-methyl/N-ethyl adjacent to an activating group) is 1. The SMILES string of the molecule is CN1CC(C=O)c2c(Cl)cccc21. The molecule has 1 heterocycles. The van der Waals surface area contributed by atoms with Crippen LogP contribution >= 0.6 is 11.6 Å². The van der Waals surface area contributed by atoms with Crippen LogP contribution in [0.3, 0.4) is 0 Å². The Morgan fingerprint density at radius 3 is 3.08 bits per heavy atom. The van der Waals surface area contributed by atoms with Crippen molar-refractivity contribution < 1.29 is 4.79 Å². The van der Waals surface area contributed by atoms with Crippen LogP contribution in [0.2, 0.25) is 5.02 Å². The van der Waals surface area contributed by atoms with Gasteiger partial charge < -0.3 is 9.69 Å². The van der Waals surface area contributed by atoms with Crippen molar-refractivity contribution in [3.05, 3.63) is 28.8 Å². The molecule has 0 bridgehead atoms. The Balaban J connectivity index is 2.58. The van der Waals surface area contributed by atoms with Gasteiger partial charge in [-0.1, -0.05) is 17.7 Å². The van der Waals surface area contributed by atoms with E-state index in [1.165, 1.54) is 0 Å². The number of fused-ring (bicyclic) bond motifs is 1. The minimum Gasteiger partial charge on any atom is -0.373 e. The highest BCUT2D eigenvalue weighted by molar-refractivity contribution is 6.32. The van der Waals surface area contributed by atoms with E-state index < -0.39 is 0 Å². The maximum absolute atomic E-state index is 10.8. The Morgan fingerprint density at radius 1 is 1.62 bits per heavy atom. The summed E-state index contributed by atoms with van der Waals surface area (Å²) in [6.45, 7) is 0.739. The lowest BCUT2D eigenvalue weighted by atomic mass is 10.0. The summed E-state index contributed by atoms with van der Waals surface area (Å²) in [7, 11) is 1.97. The van der Waals surface area contributed by atoms with Crippen LogP contribution in [-0.2, 0) is 4.79 Å². The van der Waals surface area contributed by atoms with Crippen LogP contribution in [0, 0.1) is 0 Å². The van der Waals surface area contributed by atoms with Gasteiger partial charge in [0.15, 0.2) is 0 Å². The molecule has 1 unspecified atom stereocenters. The zero-order chi connectivity index (χ0) is 9.42. The molecule has 2 rings (SSSR count). The van der Waals surface area contributed by atoms with E-state index in [0.29, 0.717) is 5.02 Å². The molecule has 68 valence electrons. The first-order valence-electron chi connectivity index (χ1n) is 4.19.